The molecular weight excluding hydrogens is 410 g/mol. The van der Waals surface area contributed by atoms with Crippen molar-refractivity contribution in [3.05, 3.63) is 95.8 Å². The molecule has 158 valence electrons. The van der Waals surface area contributed by atoms with Crippen molar-refractivity contribution in [1.29, 1.82) is 0 Å². The number of carbonyl (C=O) groups is 1. The molecular formula is C24H23N3O3S. The van der Waals surface area contributed by atoms with E-state index in [2.05, 4.69) is 4.98 Å². The molecule has 1 amide bonds. The molecule has 0 bridgehead atoms. The number of likely N-dealkylation sites (tertiary alicyclic amines) is 1. The molecule has 5 rings (SSSR count). The van der Waals surface area contributed by atoms with E-state index in [1.807, 2.05) is 54.6 Å². The average Bonchev–Trinajstić information content (AvgIpc) is 3.31. The fourth-order valence-electron chi connectivity index (χ4n) is 4.76. The minimum atomic E-state index is -3.66. The number of rotatable bonds is 4. The molecule has 0 N–H and O–H groups in total. The van der Waals surface area contributed by atoms with E-state index in [0.29, 0.717) is 24.4 Å². The number of benzene rings is 2. The standard InChI is InChI=1S/C24H23N3O3S/c28-23(15-20-9-6-13-25-16-20)26-14-12-24(18-26)21-10-4-5-11-22(21)31(29,30)27(24)17-19-7-2-1-3-8-19/h1-11,13,16H,12,14-15,17-18H2. The molecule has 0 radical (unpaired) electrons. The minimum Gasteiger partial charge on any atom is -0.340 e. The predicted octanol–water partition coefficient (Wildman–Crippen LogP) is 2.96. The first-order valence-corrected chi connectivity index (χ1v) is 11.8. The van der Waals surface area contributed by atoms with Gasteiger partial charge >= 0.3 is 0 Å². The maximum Gasteiger partial charge on any atom is 0.244 e. The van der Waals surface area contributed by atoms with Crippen LogP contribution in [0.1, 0.15) is 23.1 Å². The summed E-state index contributed by atoms with van der Waals surface area (Å²) in [4.78, 5) is 19.3. The second-order valence-electron chi connectivity index (χ2n) is 8.13. The van der Waals surface area contributed by atoms with Crippen molar-refractivity contribution >= 4 is 15.9 Å². The van der Waals surface area contributed by atoms with Gasteiger partial charge in [0, 0.05) is 32.0 Å². The molecule has 2 aliphatic heterocycles. The zero-order chi connectivity index (χ0) is 21.5. The summed E-state index contributed by atoms with van der Waals surface area (Å²) in [5.74, 6) is -0.00804. The number of nitrogens with zero attached hydrogens (tertiary/aromatic N) is 3. The lowest BCUT2D eigenvalue weighted by Gasteiger charge is -2.34. The summed E-state index contributed by atoms with van der Waals surface area (Å²) >= 11 is 0. The molecule has 0 saturated carbocycles. The van der Waals surface area contributed by atoms with Gasteiger partial charge in [-0.2, -0.15) is 4.31 Å². The summed E-state index contributed by atoms with van der Waals surface area (Å²) < 4.78 is 28.7. The molecule has 1 saturated heterocycles. The second kappa shape index (κ2) is 7.59. The van der Waals surface area contributed by atoms with E-state index in [1.165, 1.54) is 0 Å². The summed E-state index contributed by atoms with van der Waals surface area (Å²) in [5.41, 5.74) is 1.84. The van der Waals surface area contributed by atoms with Crippen molar-refractivity contribution in [2.75, 3.05) is 13.1 Å². The van der Waals surface area contributed by atoms with Gasteiger partial charge in [-0.15, -0.1) is 0 Å². The van der Waals surface area contributed by atoms with Crippen LogP contribution in [0.15, 0.2) is 84.0 Å². The van der Waals surface area contributed by atoms with E-state index in [4.69, 9.17) is 0 Å². The molecule has 2 aliphatic rings. The quantitative estimate of drug-likeness (QED) is 0.634. The van der Waals surface area contributed by atoms with Crippen molar-refractivity contribution in [2.45, 2.75) is 29.8 Å². The smallest absolute Gasteiger partial charge is 0.244 e. The Balaban J connectivity index is 1.50. The van der Waals surface area contributed by atoms with Crippen LogP contribution in [-0.4, -0.2) is 41.6 Å². The van der Waals surface area contributed by atoms with Gasteiger partial charge in [0.05, 0.1) is 16.9 Å². The second-order valence-corrected chi connectivity index (χ2v) is 9.96. The highest BCUT2D eigenvalue weighted by Crippen LogP contribution is 2.50. The van der Waals surface area contributed by atoms with Crippen molar-refractivity contribution in [3.63, 3.8) is 0 Å². The largest absolute Gasteiger partial charge is 0.340 e. The Labute approximate surface area is 182 Å². The average molecular weight is 434 g/mol. The van der Waals surface area contributed by atoms with Crippen molar-refractivity contribution < 1.29 is 13.2 Å². The van der Waals surface area contributed by atoms with Crippen LogP contribution in [0.5, 0.6) is 0 Å². The third-order valence-electron chi connectivity index (χ3n) is 6.28. The monoisotopic (exact) mass is 433 g/mol. The van der Waals surface area contributed by atoms with Crippen LogP contribution < -0.4 is 0 Å². The molecule has 7 heteroatoms. The number of hydrogen-bond acceptors (Lipinski definition) is 4. The molecule has 0 aliphatic carbocycles. The predicted molar refractivity (Wildman–Crippen MR) is 116 cm³/mol. The molecule has 1 fully saturated rings. The fourth-order valence-corrected chi connectivity index (χ4v) is 6.81. The minimum absolute atomic E-state index is 0.00804. The van der Waals surface area contributed by atoms with Crippen LogP contribution in [0.3, 0.4) is 0 Å². The summed E-state index contributed by atoms with van der Waals surface area (Å²) in [6.07, 6.45) is 4.22. The van der Waals surface area contributed by atoms with Crippen LogP contribution in [0.2, 0.25) is 0 Å². The van der Waals surface area contributed by atoms with Gasteiger partial charge in [-0.05, 0) is 35.2 Å². The van der Waals surface area contributed by atoms with Crippen molar-refractivity contribution in [3.8, 4) is 0 Å². The molecule has 2 aromatic carbocycles. The third-order valence-corrected chi connectivity index (χ3v) is 8.25. The lowest BCUT2D eigenvalue weighted by molar-refractivity contribution is -0.129. The van der Waals surface area contributed by atoms with E-state index in [0.717, 1.165) is 16.7 Å². The zero-order valence-corrected chi connectivity index (χ0v) is 17.8. The number of carbonyl (C=O) groups excluding carboxylic acids is 1. The summed E-state index contributed by atoms with van der Waals surface area (Å²) in [6.45, 7) is 1.16. The van der Waals surface area contributed by atoms with Gasteiger partial charge in [-0.1, -0.05) is 54.6 Å². The highest BCUT2D eigenvalue weighted by atomic mass is 32.2. The molecule has 6 nitrogen and oxygen atoms in total. The highest BCUT2D eigenvalue weighted by Gasteiger charge is 2.57. The summed E-state index contributed by atoms with van der Waals surface area (Å²) in [5, 5.41) is 0. The van der Waals surface area contributed by atoms with Crippen LogP contribution >= 0.6 is 0 Å². The summed E-state index contributed by atoms with van der Waals surface area (Å²) in [7, 11) is -3.66. The Hall–Kier alpha value is -3.03. The Morgan fingerprint density at radius 1 is 0.968 bits per heavy atom. The molecule has 1 aromatic heterocycles. The van der Waals surface area contributed by atoms with E-state index in [-0.39, 0.29) is 18.9 Å². The molecule has 1 atom stereocenters. The first kappa shape index (κ1) is 19.9. The summed E-state index contributed by atoms with van der Waals surface area (Å²) in [6, 6.07) is 20.5. The van der Waals surface area contributed by atoms with E-state index in [9.17, 15) is 13.2 Å². The number of aromatic nitrogens is 1. The van der Waals surface area contributed by atoms with Crippen molar-refractivity contribution in [2.24, 2.45) is 0 Å². The molecule has 3 heterocycles. The Kier molecular flexibility index (Phi) is 4.87. The Bertz CT molecular complexity index is 1220. The highest BCUT2D eigenvalue weighted by molar-refractivity contribution is 7.89. The number of hydrogen-bond donors (Lipinski definition) is 0. The van der Waals surface area contributed by atoms with Gasteiger partial charge in [0.15, 0.2) is 0 Å². The molecule has 1 spiro atoms. The topological polar surface area (TPSA) is 70.6 Å². The first-order chi connectivity index (χ1) is 15.0. The van der Waals surface area contributed by atoms with Gasteiger partial charge < -0.3 is 4.90 Å². The number of pyridine rings is 1. The number of sulfonamides is 1. The van der Waals surface area contributed by atoms with Gasteiger partial charge in [-0.3, -0.25) is 9.78 Å². The Morgan fingerprint density at radius 2 is 1.71 bits per heavy atom. The van der Waals surface area contributed by atoms with Gasteiger partial charge in [0.2, 0.25) is 15.9 Å². The van der Waals surface area contributed by atoms with Gasteiger partial charge in [0.25, 0.3) is 0 Å². The molecule has 3 aromatic rings. The zero-order valence-electron chi connectivity index (χ0n) is 17.0. The van der Waals surface area contributed by atoms with Crippen LogP contribution in [0.4, 0.5) is 0 Å². The third kappa shape index (κ3) is 3.34. The Morgan fingerprint density at radius 3 is 2.48 bits per heavy atom. The fraction of sp³-hybridized carbons (Fsp3) is 0.250. The maximum absolute atomic E-state index is 13.5. The van der Waals surface area contributed by atoms with Crippen molar-refractivity contribution in [1.82, 2.24) is 14.2 Å². The lowest BCUT2D eigenvalue weighted by Crippen LogP contribution is -2.46. The number of amides is 1. The van der Waals surface area contributed by atoms with Gasteiger partial charge in [0.1, 0.15) is 0 Å². The van der Waals surface area contributed by atoms with Crippen LogP contribution in [-0.2, 0) is 33.3 Å². The SMILES string of the molecule is O=C(Cc1cccnc1)N1CCC2(C1)c1ccccc1S(=O)(=O)N2Cc1ccccc1. The van der Waals surface area contributed by atoms with E-state index in [1.54, 1.807) is 33.7 Å². The lowest BCUT2D eigenvalue weighted by atomic mass is 9.88. The first-order valence-electron chi connectivity index (χ1n) is 10.3. The normalized spacial score (nSPS) is 22.0. The van der Waals surface area contributed by atoms with Gasteiger partial charge in [-0.25, -0.2) is 8.42 Å². The molecule has 1 unspecified atom stereocenters. The van der Waals surface area contributed by atoms with Crippen LogP contribution in [0.25, 0.3) is 0 Å². The van der Waals surface area contributed by atoms with Crippen LogP contribution in [0, 0.1) is 0 Å². The molecule has 31 heavy (non-hydrogen) atoms. The maximum atomic E-state index is 13.5. The number of fused-ring (bicyclic) bond motifs is 2. The van der Waals surface area contributed by atoms with E-state index < -0.39 is 15.6 Å². The van der Waals surface area contributed by atoms with E-state index >= 15 is 0 Å².